The molecule has 0 saturated heterocycles. The number of amides is 1. The van der Waals surface area contributed by atoms with Crippen molar-refractivity contribution < 1.29 is 19.4 Å². The monoisotopic (exact) mass is 401 g/mol. The van der Waals surface area contributed by atoms with Gasteiger partial charge in [0.25, 0.3) is 5.91 Å². The minimum absolute atomic E-state index is 0.320. The second-order valence-corrected chi connectivity index (χ2v) is 7.57. The molecule has 28 heavy (non-hydrogen) atoms. The number of hydrogen-bond acceptors (Lipinski definition) is 5. The Morgan fingerprint density at radius 3 is 2.50 bits per heavy atom. The first-order valence-corrected chi connectivity index (χ1v) is 10.6. The normalized spacial score (nSPS) is 12.9. The maximum absolute atomic E-state index is 12.9. The number of carbonyl (C=O) groups excluding carboxylic acids is 2. The van der Waals surface area contributed by atoms with E-state index in [0.717, 1.165) is 22.4 Å². The van der Waals surface area contributed by atoms with E-state index in [2.05, 4.69) is 5.32 Å². The van der Waals surface area contributed by atoms with Crippen LogP contribution in [-0.4, -0.2) is 42.1 Å². The number of aliphatic hydroxyl groups excluding tert-OH is 1. The predicted octanol–water partition coefficient (Wildman–Crippen LogP) is 3.36. The van der Waals surface area contributed by atoms with Crippen LogP contribution in [0.1, 0.15) is 46.5 Å². The Morgan fingerprint density at radius 2 is 1.89 bits per heavy atom. The number of thioether (sulfide) groups is 1. The van der Waals surface area contributed by atoms with E-state index in [-0.39, 0.29) is 5.91 Å². The molecule has 0 spiro atoms. The molecule has 2 rings (SSSR count). The summed E-state index contributed by atoms with van der Waals surface area (Å²) in [6, 6.07) is 14.4. The lowest BCUT2D eigenvalue weighted by Gasteiger charge is -2.18. The molecule has 150 valence electrons. The summed E-state index contributed by atoms with van der Waals surface area (Å²) in [6.45, 7) is 1.69. The standard InChI is InChI=1S/C22H27NO4S/c1-15(24)17-9-10-19(18(14-17)13-16-7-5-4-6-8-16)21(25)23-20(11-12-28-3)22(26)27-2/h4-10,14-15,20,24H,11-13H2,1-3H3,(H,23,25)/t15-,20+/m1/s1. The van der Waals surface area contributed by atoms with Gasteiger partial charge < -0.3 is 15.2 Å². The number of methoxy groups -OCH3 is 1. The van der Waals surface area contributed by atoms with E-state index in [9.17, 15) is 14.7 Å². The molecular weight excluding hydrogens is 374 g/mol. The van der Waals surface area contributed by atoms with E-state index in [1.807, 2.05) is 42.7 Å². The quantitative estimate of drug-likeness (QED) is 0.630. The summed E-state index contributed by atoms with van der Waals surface area (Å²) in [4.78, 5) is 25.0. The van der Waals surface area contributed by atoms with Crippen molar-refractivity contribution in [2.75, 3.05) is 19.1 Å². The number of ether oxygens (including phenoxy) is 1. The van der Waals surface area contributed by atoms with Gasteiger partial charge in [-0.15, -0.1) is 0 Å². The zero-order chi connectivity index (χ0) is 20.5. The third kappa shape index (κ3) is 6.11. The Labute approximate surface area is 170 Å². The van der Waals surface area contributed by atoms with E-state index >= 15 is 0 Å². The summed E-state index contributed by atoms with van der Waals surface area (Å²) in [6.07, 6.45) is 2.37. The number of esters is 1. The van der Waals surface area contributed by atoms with Crippen LogP contribution in [0.3, 0.4) is 0 Å². The van der Waals surface area contributed by atoms with Gasteiger partial charge in [-0.1, -0.05) is 42.5 Å². The summed E-state index contributed by atoms with van der Waals surface area (Å²) in [5.74, 6) is -0.0371. The molecule has 0 aliphatic heterocycles. The van der Waals surface area contributed by atoms with Crippen molar-refractivity contribution in [2.24, 2.45) is 0 Å². The number of nitrogens with one attached hydrogen (secondary N) is 1. The van der Waals surface area contributed by atoms with Crippen molar-refractivity contribution in [1.29, 1.82) is 0 Å². The fourth-order valence-electron chi connectivity index (χ4n) is 2.92. The van der Waals surface area contributed by atoms with Gasteiger partial charge in [0.2, 0.25) is 0 Å². The first-order valence-electron chi connectivity index (χ1n) is 9.18. The molecule has 0 saturated carbocycles. The van der Waals surface area contributed by atoms with Crippen LogP contribution in [0, 0.1) is 0 Å². The molecule has 2 aromatic rings. The fraction of sp³-hybridized carbons (Fsp3) is 0.364. The van der Waals surface area contributed by atoms with Gasteiger partial charge in [-0.2, -0.15) is 11.8 Å². The summed E-state index contributed by atoms with van der Waals surface area (Å²) in [5, 5.41) is 12.7. The van der Waals surface area contributed by atoms with E-state index in [4.69, 9.17) is 4.74 Å². The summed E-state index contributed by atoms with van der Waals surface area (Å²) in [5.41, 5.74) is 3.10. The number of rotatable bonds is 9. The van der Waals surface area contributed by atoms with Crippen molar-refractivity contribution in [1.82, 2.24) is 5.32 Å². The number of benzene rings is 2. The molecule has 0 aromatic heterocycles. The smallest absolute Gasteiger partial charge is 0.328 e. The molecule has 0 aliphatic rings. The summed E-state index contributed by atoms with van der Waals surface area (Å²) >= 11 is 1.60. The maximum atomic E-state index is 12.9. The van der Waals surface area contributed by atoms with Gasteiger partial charge in [0.15, 0.2) is 0 Å². The van der Waals surface area contributed by atoms with Crippen LogP contribution in [-0.2, 0) is 16.0 Å². The molecule has 1 amide bonds. The van der Waals surface area contributed by atoms with Crippen molar-refractivity contribution in [3.8, 4) is 0 Å². The van der Waals surface area contributed by atoms with E-state index in [1.165, 1.54) is 7.11 Å². The Kier molecular flexibility index (Phi) is 8.54. The van der Waals surface area contributed by atoms with Crippen molar-refractivity contribution in [3.05, 3.63) is 70.8 Å². The van der Waals surface area contributed by atoms with E-state index in [0.29, 0.717) is 18.4 Å². The molecule has 6 heteroatoms. The molecule has 0 heterocycles. The number of hydrogen-bond donors (Lipinski definition) is 2. The van der Waals surface area contributed by atoms with E-state index in [1.54, 1.807) is 30.8 Å². The van der Waals surface area contributed by atoms with Crippen molar-refractivity contribution >= 4 is 23.6 Å². The molecule has 0 bridgehead atoms. The third-order valence-electron chi connectivity index (χ3n) is 4.50. The highest BCUT2D eigenvalue weighted by Gasteiger charge is 2.23. The first kappa shape index (κ1) is 22.0. The van der Waals surface area contributed by atoms with Gasteiger partial charge in [0.05, 0.1) is 13.2 Å². The fourth-order valence-corrected chi connectivity index (χ4v) is 3.39. The van der Waals surface area contributed by atoms with Gasteiger partial charge >= 0.3 is 5.97 Å². The van der Waals surface area contributed by atoms with E-state index < -0.39 is 18.1 Å². The van der Waals surface area contributed by atoms with Crippen LogP contribution in [0.2, 0.25) is 0 Å². The summed E-state index contributed by atoms with van der Waals surface area (Å²) < 4.78 is 4.83. The second-order valence-electron chi connectivity index (χ2n) is 6.59. The van der Waals surface area contributed by atoms with Gasteiger partial charge in [0.1, 0.15) is 6.04 Å². The Hall–Kier alpha value is -2.31. The molecule has 2 aromatic carbocycles. The largest absolute Gasteiger partial charge is 0.467 e. The Morgan fingerprint density at radius 1 is 1.18 bits per heavy atom. The van der Waals surface area contributed by atoms with Crippen LogP contribution in [0.4, 0.5) is 0 Å². The molecular formula is C22H27NO4S. The van der Waals surface area contributed by atoms with Crippen LogP contribution in [0.15, 0.2) is 48.5 Å². The van der Waals surface area contributed by atoms with Crippen molar-refractivity contribution in [2.45, 2.75) is 31.9 Å². The van der Waals surface area contributed by atoms with Crippen LogP contribution >= 0.6 is 11.8 Å². The van der Waals surface area contributed by atoms with Crippen LogP contribution in [0.5, 0.6) is 0 Å². The highest BCUT2D eigenvalue weighted by Crippen LogP contribution is 2.21. The topological polar surface area (TPSA) is 75.6 Å². The van der Waals surface area contributed by atoms with Crippen LogP contribution < -0.4 is 5.32 Å². The second kappa shape index (κ2) is 10.9. The van der Waals surface area contributed by atoms with Crippen LogP contribution in [0.25, 0.3) is 0 Å². The SMILES string of the molecule is COC(=O)[C@H](CCSC)NC(=O)c1ccc([C@@H](C)O)cc1Cc1ccccc1. The minimum Gasteiger partial charge on any atom is -0.467 e. The zero-order valence-electron chi connectivity index (χ0n) is 16.5. The van der Waals surface area contributed by atoms with Gasteiger partial charge in [-0.05, 0) is 54.5 Å². The molecule has 0 aliphatic carbocycles. The lowest BCUT2D eigenvalue weighted by molar-refractivity contribution is -0.142. The number of carbonyl (C=O) groups is 2. The van der Waals surface area contributed by atoms with Gasteiger partial charge in [-0.25, -0.2) is 4.79 Å². The lowest BCUT2D eigenvalue weighted by Crippen LogP contribution is -2.42. The lowest BCUT2D eigenvalue weighted by atomic mass is 9.95. The molecule has 2 N–H and O–H groups in total. The average molecular weight is 402 g/mol. The Balaban J connectivity index is 2.31. The third-order valence-corrected chi connectivity index (χ3v) is 5.14. The molecule has 0 unspecified atom stereocenters. The Bertz CT molecular complexity index is 792. The highest BCUT2D eigenvalue weighted by molar-refractivity contribution is 7.98. The molecule has 5 nitrogen and oxygen atoms in total. The number of aliphatic hydroxyl groups is 1. The minimum atomic E-state index is -0.689. The maximum Gasteiger partial charge on any atom is 0.328 e. The summed E-state index contributed by atoms with van der Waals surface area (Å²) in [7, 11) is 1.32. The molecule has 0 fully saturated rings. The van der Waals surface area contributed by atoms with Gasteiger partial charge in [-0.3, -0.25) is 4.79 Å². The average Bonchev–Trinajstić information content (AvgIpc) is 2.71. The zero-order valence-corrected chi connectivity index (χ0v) is 17.3. The van der Waals surface area contributed by atoms with Gasteiger partial charge in [0, 0.05) is 5.56 Å². The molecule has 2 atom stereocenters. The van der Waals surface area contributed by atoms with Crippen molar-refractivity contribution in [3.63, 3.8) is 0 Å². The first-order chi connectivity index (χ1) is 13.5. The molecule has 0 radical (unpaired) electrons. The highest BCUT2D eigenvalue weighted by atomic mass is 32.2. The predicted molar refractivity (Wildman–Crippen MR) is 113 cm³/mol.